The average Bonchev–Trinajstić information content (AvgIpc) is 3.13. The van der Waals surface area contributed by atoms with Crippen LogP contribution in [0.2, 0.25) is 0 Å². The summed E-state index contributed by atoms with van der Waals surface area (Å²) in [6.45, 7) is 4.79. The van der Waals surface area contributed by atoms with Crippen molar-refractivity contribution in [3.05, 3.63) is 44.3 Å². The fourth-order valence-electron chi connectivity index (χ4n) is 1.89. The highest BCUT2D eigenvalue weighted by Crippen LogP contribution is 2.23. The van der Waals surface area contributed by atoms with Gasteiger partial charge in [0.1, 0.15) is 0 Å². The Bertz CT molecular complexity index is 548. The van der Waals surface area contributed by atoms with E-state index in [1.807, 2.05) is 25.4 Å². The molecule has 2 aromatic rings. The second-order valence-electron chi connectivity index (χ2n) is 4.68. The minimum Gasteiger partial charge on any atom is -0.333 e. The number of amides is 2. The van der Waals surface area contributed by atoms with Crippen LogP contribution in [-0.4, -0.2) is 18.0 Å². The molecular weight excluding hydrogens is 288 g/mol. The lowest BCUT2D eigenvalue weighted by atomic mass is 10.2. The Labute approximate surface area is 128 Å². The second-order valence-corrected chi connectivity index (χ2v) is 6.91. The van der Waals surface area contributed by atoms with Gasteiger partial charge in [-0.1, -0.05) is 13.0 Å². The molecule has 2 aromatic heterocycles. The fourth-order valence-corrected chi connectivity index (χ4v) is 3.61. The van der Waals surface area contributed by atoms with Gasteiger partial charge in [0.05, 0.1) is 12.6 Å². The summed E-state index contributed by atoms with van der Waals surface area (Å²) in [6.07, 6.45) is 1.05. The number of aryl methyl sites for hydroxylation is 1. The number of thiophene rings is 2. The molecule has 0 saturated carbocycles. The summed E-state index contributed by atoms with van der Waals surface area (Å²) in [4.78, 5) is 17.7. The second kappa shape index (κ2) is 6.90. The van der Waals surface area contributed by atoms with E-state index < -0.39 is 0 Å². The number of hydrogen-bond acceptors (Lipinski definition) is 3. The zero-order valence-electron chi connectivity index (χ0n) is 12.1. The van der Waals surface area contributed by atoms with Gasteiger partial charge in [-0.3, -0.25) is 0 Å². The van der Waals surface area contributed by atoms with Gasteiger partial charge in [-0.2, -0.15) is 0 Å². The molecule has 5 heteroatoms. The Morgan fingerprint density at radius 1 is 1.35 bits per heavy atom. The number of urea groups is 1. The maximum absolute atomic E-state index is 12.2. The minimum absolute atomic E-state index is 0.0302. The molecule has 0 aliphatic carbocycles. The van der Waals surface area contributed by atoms with Crippen molar-refractivity contribution in [1.82, 2.24) is 10.2 Å². The van der Waals surface area contributed by atoms with Gasteiger partial charge < -0.3 is 10.2 Å². The molecule has 0 saturated heterocycles. The third-order valence-corrected chi connectivity index (χ3v) is 5.61. The minimum atomic E-state index is -0.0302. The molecule has 0 aliphatic heterocycles. The van der Waals surface area contributed by atoms with Crippen LogP contribution in [0.1, 0.15) is 34.5 Å². The summed E-state index contributed by atoms with van der Waals surface area (Å²) in [7, 11) is 1.84. The molecule has 0 radical (unpaired) electrons. The molecule has 0 aliphatic rings. The predicted molar refractivity (Wildman–Crippen MR) is 86.4 cm³/mol. The van der Waals surface area contributed by atoms with Crippen LogP contribution in [0.15, 0.2) is 29.6 Å². The Morgan fingerprint density at radius 3 is 2.70 bits per heavy atom. The van der Waals surface area contributed by atoms with Crippen molar-refractivity contribution in [3.63, 3.8) is 0 Å². The Morgan fingerprint density at radius 2 is 2.10 bits per heavy atom. The molecule has 0 aromatic carbocycles. The predicted octanol–water partition coefficient (Wildman–Crippen LogP) is 4.27. The molecule has 0 bridgehead atoms. The number of nitrogens with zero attached hydrogens (tertiary/aromatic N) is 1. The van der Waals surface area contributed by atoms with Gasteiger partial charge in [0.15, 0.2) is 0 Å². The molecule has 1 unspecified atom stereocenters. The van der Waals surface area contributed by atoms with Crippen LogP contribution in [0.5, 0.6) is 0 Å². The number of hydrogen-bond donors (Lipinski definition) is 1. The van der Waals surface area contributed by atoms with Crippen molar-refractivity contribution in [1.29, 1.82) is 0 Å². The van der Waals surface area contributed by atoms with E-state index >= 15 is 0 Å². The first kappa shape index (κ1) is 15.1. The molecule has 2 rings (SSSR count). The van der Waals surface area contributed by atoms with E-state index in [1.165, 1.54) is 14.6 Å². The normalized spacial score (nSPS) is 12.2. The number of carbonyl (C=O) groups is 1. The van der Waals surface area contributed by atoms with E-state index in [9.17, 15) is 4.79 Å². The Kier molecular flexibility index (Phi) is 5.20. The molecule has 3 nitrogen and oxygen atoms in total. The highest BCUT2D eigenvalue weighted by molar-refractivity contribution is 7.12. The van der Waals surface area contributed by atoms with Gasteiger partial charge in [-0.15, -0.1) is 22.7 Å². The van der Waals surface area contributed by atoms with Crippen LogP contribution in [0, 0.1) is 0 Å². The van der Waals surface area contributed by atoms with E-state index in [-0.39, 0.29) is 12.1 Å². The first-order valence-electron chi connectivity index (χ1n) is 6.73. The van der Waals surface area contributed by atoms with Crippen LogP contribution in [0.4, 0.5) is 4.79 Å². The van der Waals surface area contributed by atoms with E-state index in [4.69, 9.17) is 0 Å². The average molecular weight is 308 g/mol. The Hall–Kier alpha value is -1.33. The lowest BCUT2D eigenvalue weighted by molar-refractivity contribution is 0.195. The fraction of sp³-hybridized carbons (Fsp3) is 0.400. The first-order valence-corrected chi connectivity index (χ1v) is 8.43. The van der Waals surface area contributed by atoms with E-state index in [1.54, 1.807) is 27.6 Å². The quantitative estimate of drug-likeness (QED) is 0.878. The molecule has 108 valence electrons. The number of carbonyl (C=O) groups excluding carboxylic acids is 1. The van der Waals surface area contributed by atoms with Crippen molar-refractivity contribution in [2.45, 2.75) is 32.9 Å². The number of rotatable bonds is 5. The van der Waals surface area contributed by atoms with E-state index in [0.717, 1.165) is 6.42 Å². The van der Waals surface area contributed by atoms with Gasteiger partial charge >= 0.3 is 6.03 Å². The molecule has 1 atom stereocenters. The van der Waals surface area contributed by atoms with Crippen LogP contribution < -0.4 is 5.32 Å². The van der Waals surface area contributed by atoms with Crippen molar-refractivity contribution in [2.75, 3.05) is 7.05 Å². The molecule has 0 spiro atoms. The third kappa shape index (κ3) is 3.61. The molecule has 0 fully saturated rings. The maximum atomic E-state index is 12.2. The summed E-state index contributed by atoms with van der Waals surface area (Å²) >= 11 is 3.44. The van der Waals surface area contributed by atoms with Gasteiger partial charge in [0.2, 0.25) is 0 Å². The molecule has 1 N–H and O–H groups in total. The molecule has 2 amide bonds. The van der Waals surface area contributed by atoms with Crippen molar-refractivity contribution < 1.29 is 4.79 Å². The summed E-state index contributed by atoms with van der Waals surface area (Å²) in [5.41, 5.74) is 0. The summed E-state index contributed by atoms with van der Waals surface area (Å²) in [6, 6.07) is 8.37. The summed E-state index contributed by atoms with van der Waals surface area (Å²) < 4.78 is 0. The SMILES string of the molecule is CCc1ccc(CNC(=O)N(C)C(C)c2cccs2)s1. The maximum Gasteiger partial charge on any atom is 0.317 e. The van der Waals surface area contributed by atoms with Crippen LogP contribution in [0.3, 0.4) is 0 Å². The van der Waals surface area contributed by atoms with Crippen LogP contribution >= 0.6 is 22.7 Å². The van der Waals surface area contributed by atoms with Gasteiger partial charge in [-0.05, 0) is 36.9 Å². The summed E-state index contributed by atoms with van der Waals surface area (Å²) in [5.74, 6) is 0. The number of nitrogens with one attached hydrogen (secondary N) is 1. The van der Waals surface area contributed by atoms with Crippen LogP contribution in [0.25, 0.3) is 0 Å². The van der Waals surface area contributed by atoms with Gasteiger partial charge in [0.25, 0.3) is 0 Å². The Balaban J connectivity index is 1.88. The monoisotopic (exact) mass is 308 g/mol. The smallest absolute Gasteiger partial charge is 0.317 e. The van der Waals surface area contributed by atoms with Gasteiger partial charge in [0, 0.05) is 21.7 Å². The highest BCUT2D eigenvalue weighted by atomic mass is 32.1. The van der Waals surface area contributed by atoms with Gasteiger partial charge in [-0.25, -0.2) is 4.79 Å². The standard InChI is InChI=1S/C15H20N2OS2/c1-4-12-7-8-13(20-12)10-16-15(18)17(3)11(2)14-6-5-9-19-14/h5-9,11H,4,10H2,1-3H3,(H,16,18). The molecule has 2 heterocycles. The summed E-state index contributed by atoms with van der Waals surface area (Å²) in [5, 5.41) is 5.02. The van der Waals surface area contributed by atoms with Crippen LogP contribution in [-0.2, 0) is 13.0 Å². The first-order chi connectivity index (χ1) is 9.61. The zero-order chi connectivity index (χ0) is 14.5. The lowest BCUT2D eigenvalue weighted by Gasteiger charge is -2.24. The molecule has 20 heavy (non-hydrogen) atoms. The molecular formula is C15H20N2OS2. The zero-order valence-corrected chi connectivity index (χ0v) is 13.7. The van der Waals surface area contributed by atoms with Crippen molar-refractivity contribution >= 4 is 28.7 Å². The largest absolute Gasteiger partial charge is 0.333 e. The topological polar surface area (TPSA) is 32.3 Å². The highest BCUT2D eigenvalue weighted by Gasteiger charge is 2.17. The van der Waals surface area contributed by atoms with Crippen molar-refractivity contribution in [3.8, 4) is 0 Å². The van der Waals surface area contributed by atoms with E-state index in [2.05, 4.69) is 30.4 Å². The lowest BCUT2D eigenvalue weighted by Crippen LogP contribution is -2.38. The van der Waals surface area contributed by atoms with Crippen molar-refractivity contribution in [2.24, 2.45) is 0 Å². The van der Waals surface area contributed by atoms with E-state index in [0.29, 0.717) is 6.54 Å². The third-order valence-electron chi connectivity index (χ3n) is 3.34.